The average molecular weight is 468 g/mol. The standard InChI is InChI=1S/C29H25NO5/c1-34-26-18-23(13-14-25(26)31)28(29(30)33)22-11-5-9-20(16-22)21-10-6-12-24(17-21)35-27(32)15-19-7-3-2-4-8-19/h2-14,16-18,28,31H,15H2,1H3,(H2,30,33). The fraction of sp³-hybridized carbons (Fsp3) is 0.103. The van der Waals surface area contributed by atoms with Gasteiger partial charge in [0.2, 0.25) is 5.91 Å². The molecule has 0 fully saturated rings. The first kappa shape index (κ1) is 23.6. The van der Waals surface area contributed by atoms with E-state index in [-0.39, 0.29) is 23.9 Å². The summed E-state index contributed by atoms with van der Waals surface area (Å²) in [6.45, 7) is 0. The minimum atomic E-state index is -0.740. The summed E-state index contributed by atoms with van der Waals surface area (Å²) >= 11 is 0. The molecule has 0 spiro atoms. The monoisotopic (exact) mass is 467 g/mol. The zero-order chi connectivity index (χ0) is 24.8. The Morgan fingerprint density at radius 1 is 0.829 bits per heavy atom. The van der Waals surface area contributed by atoms with Gasteiger partial charge in [0.1, 0.15) is 5.75 Å². The van der Waals surface area contributed by atoms with Gasteiger partial charge in [-0.3, -0.25) is 9.59 Å². The van der Waals surface area contributed by atoms with E-state index in [1.807, 2.05) is 66.7 Å². The normalized spacial score (nSPS) is 11.5. The zero-order valence-electron chi connectivity index (χ0n) is 19.2. The molecule has 176 valence electrons. The van der Waals surface area contributed by atoms with E-state index < -0.39 is 11.8 Å². The van der Waals surface area contributed by atoms with Crippen LogP contribution in [-0.4, -0.2) is 24.1 Å². The molecule has 6 nitrogen and oxygen atoms in total. The Hall–Kier alpha value is -4.58. The van der Waals surface area contributed by atoms with Gasteiger partial charge in [0.05, 0.1) is 19.4 Å². The molecule has 0 heterocycles. The van der Waals surface area contributed by atoms with Crippen LogP contribution in [0.2, 0.25) is 0 Å². The van der Waals surface area contributed by atoms with Gasteiger partial charge >= 0.3 is 5.97 Å². The molecule has 1 amide bonds. The summed E-state index contributed by atoms with van der Waals surface area (Å²) in [5.41, 5.74) is 9.59. The van der Waals surface area contributed by atoms with Crippen LogP contribution in [0.25, 0.3) is 11.1 Å². The molecule has 0 aliphatic heterocycles. The number of hydrogen-bond donors (Lipinski definition) is 2. The average Bonchev–Trinajstić information content (AvgIpc) is 2.86. The van der Waals surface area contributed by atoms with Crippen molar-refractivity contribution in [2.75, 3.05) is 7.11 Å². The summed E-state index contributed by atoms with van der Waals surface area (Å²) in [5, 5.41) is 9.91. The molecule has 0 aliphatic rings. The number of benzene rings is 4. The lowest BCUT2D eigenvalue weighted by molar-refractivity contribution is -0.133. The highest BCUT2D eigenvalue weighted by Crippen LogP contribution is 2.34. The Labute approximate surface area is 203 Å². The lowest BCUT2D eigenvalue weighted by atomic mass is 9.88. The number of phenols is 1. The summed E-state index contributed by atoms with van der Waals surface area (Å²) in [5.74, 6) is -0.947. The highest BCUT2D eigenvalue weighted by atomic mass is 16.5. The maximum absolute atomic E-state index is 12.4. The van der Waals surface area contributed by atoms with Gasteiger partial charge in [0, 0.05) is 0 Å². The van der Waals surface area contributed by atoms with Crippen LogP contribution in [0.4, 0.5) is 0 Å². The molecule has 0 aliphatic carbocycles. The first-order valence-corrected chi connectivity index (χ1v) is 11.1. The molecule has 4 aromatic carbocycles. The third-order valence-electron chi connectivity index (χ3n) is 5.63. The van der Waals surface area contributed by atoms with Crippen LogP contribution < -0.4 is 15.2 Å². The molecule has 1 atom stereocenters. The van der Waals surface area contributed by atoms with Crippen LogP contribution >= 0.6 is 0 Å². The van der Waals surface area contributed by atoms with Crippen molar-refractivity contribution in [2.45, 2.75) is 12.3 Å². The maximum atomic E-state index is 12.4. The maximum Gasteiger partial charge on any atom is 0.315 e. The second-order valence-corrected chi connectivity index (χ2v) is 8.06. The van der Waals surface area contributed by atoms with E-state index in [0.29, 0.717) is 16.9 Å². The number of primary amides is 1. The molecule has 4 rings (SSSR count). The quantitative estimate of drug-likeness (QED) is 0.286. The number of ether oxygens (including phenoxy) is 2. The van der Waals surface area contributed by atoms with Crippen LogP contribution in [0, 0.1) is 0 Å². The molecule has 1 unspecified atom stereocenters. The van der Waals surface area contributed by atoms with Crippen LogP contribution in [0.5, 0.6) is 17.2 Å². The van der Waals surface area contributed by atoms with Gasteiger partial charge in [-0.2, -0.15) is 0 Å². The van der Waals surface area contributed by atoms with E-state index >= 15 is 0 Å². The number of carbonyl (C=O) groups is 2. The number of aromatic hydroxyl groups is 1. The van der Waals surface area contributed by atoms with E-state index in [2.05, 4.69) is 0 Å². The van der Waals surface area contributed by atoms with Gasteiger partial charge in [0.25, 0.3) is 0 Å². The summed E-state index contributed by atoms with van der Waals surface area (Å²) in [6, 6.07) is 28.8. The van der Waals surface area contributed by atoms with Crippen LogP contribution in [0.1, 0.15) is 22.6 Å². The van der Waals surface area contributed by atoms with Crippen molar-refractivity contribution in [1.82, 2.24) is 0 Å². The number of phenolic OH excluding ortho intramolecular Hbond substituents is 1. The number of amides is 1. The highest BCUT2D eigenvalue weighted by molar-refractivity contribution is 5.86. The minimum absolute atomic E-state index is 0.0214. The number of esters is 1. The predicted molar refractivity (Wildman–Crippen MR) is 133 cm³/mol. The number of carbonyl (C=O) groups excluding carboxylic acids is 2. The van der Waals surface area contributed by atoms with Gasteiger partial charge in [0.15, 0.2) is 11.5 Å². The Kier molecular flexibility index (Phi) is 7.12. The zero-order valence-corrected chi connectivity index (χ0v) is 19.2. The smallest absolute Gasteiger partial charge is 0.315 e. The highest BCUT2D eigenvalue weighted by Gasteiger charge is 2.22. The van der Waals surface area contributed by atoms with Crippen LogP contribution in [0.15, 0.2) is 97.1 Å². The van der Waals surface area contributed by atoms with Gasteiger partial charge < -0.3 is 20.3 Å². The van der Waals surface area contributed by atoms with Crippen molar-refractivity contribution in [3.05, 3.63) is 114 Å². The van der Waals surface area contributed by atoms with Crippen LogP contribution in [-0.2, 0) is 16.0 Å². The molecule has 0 saturated heterocycles. The largest absolute Gasteiger partial charge is 0.504 e. The fourth-order valence-electron chi connectivity index (χ4n) is 3.96. The molecule has 0 bridgehead atoms. The molecule has 0 saturated carbocycles. The predicted octanol–water partition coefficient (Wildman–Crippen LogP) is 4.83. The van der Waals surface area contributed by atoms with Crippen LogP contribution in [0.3, 0.4) is 0 Å². The van der Waals surface area contributed by atoms with Gasteiger partial charge in [-0.25, -0.2) is 0 Å². The second-order valence-electron chi connectivity index (χ2n) is 8.06. The molecule has 4 aromatic rings. The van der Waals surface area contributed by atoms with Crippen molar-refractivity contribution in [2.24, 2.45) is 5.73 Å². The van der Waals surface area contributed by atoms with E-state index in [9.17, 15) is 14.7 Å². The lowest BCUT2D eigenvalue weighted by Crippen LogP contribution is -2.22. The molecular weight excluding hydrogens is 442 g/mol. The number of hydrogen-bond acceptors (Lipinski definition) is 5. The number of nitrogens with two attached hydrogens (primary N) is 1. The molecule has 0 aromatic heterocycles. The van der Waals surface area contributed by atoms with Crippen molar-refractivity contribution in [1.29, 1.82) is 0 Å². The third kappa shape index (κ3) is 5.68. The number of rotatable bonds is 8. The molecule has 6 heteroatoms. The Balaban J connectivity index is 1.59. The Bertz CT molecular complexity index is 1350. The van der Waals surface area contributed by atoms with E-state index in [0.717, 1.165) is 16.7 Å². The molecule has 35 heavy (non-hydrogen) atoms. The topological polar surface area (TPSA) is 98.9 Å². The number of methoxy groups -OCH3 is 1. The minimum Gasteiger partial charge on any atom is -0.504 e. The first-order valence-electron chi connectivity index (χ1n) is 11.1. The summed E-state index contributed by atoms with van der Waals surface area (Å²) < 4.78 is 10.7. The fourth-order valence-corrected chi connectivity index (χ4v) is 3.96. The van der Waals surface area contributed by atoms with E-state index in [4.69, 9.17) is 15.2 Å². The summed E-state index contributed by atoms with van der Waals surface area (Å²) in [7, 11) is 1.44. The van der Waals surface area contributed by atoms with E-state index in [1.165, 1.54) is 13.2 Å². The van der Waals surface area contributed by atoms with Crippen molar-refractivity contribution >= 4 is 11.9 Å². The molecular formula is C29H25NO5. The van der Waals surface area contributed by atoms with Gasteiger partial charge in [-0.05, 0) is 52.1 Å². The van der Waals surface area contributed by atoms with Crippen molar-refractivity contribution in [3.63, 3.8) is 0 Å². The summed E-state index contributed by atoms with van der Waals surface area (Å²) in [4.78, 5) is 24.8. The Morgan fingerprint density at radius 3 is 2.23 bits per heavy atom. The SMILES string of the molecule is COc1cc(C(C(N)=O)c2cccc(-c3cccc(OC(=O)Cc4ccccc4)c3)c2)ccc1O. The third-order valence-corrected chi connectivity index (χ3v) is 5.63. The molecule has 0 radical (unpaired) electrons. The van der Waals surface area contributed by atoms with Gasteiger partial charge in [-0.15, -0.1) is 0 Å². The van der Waals surface area contributed by atoms with Crippen molar-refractivity contribution < 1.29 is 24.2 Å². The first-order chi connectivity index (χ1) is 16.9. The second kappa shape index (κ2) is 10.6. The van der Waals surface area contributed by atoms with E-state index in [1.54, 1.807) is 24.3 Å². The molecule has 3 N–H and O–H groups in total. The van der Waals surface area contributed by atoms with Gasteiger partial charge in [-0.1, -0.05) is 72.8 Å². The Morgan fingerprint density at radius 2 is 1.51 bits per heavy atom. The van der Waals surface area contributed by atoms with Crippen molar-refractivity contribution in [3.8, 4) is 28.4 Å². The summed E-state index contributed by atoms with van der Waals surface area (Å²) in [6.07, 6.45) is 0.178. The lowest BCUT2D eigenvalue weighted by Gasteiger charge is -2.17.